The highest BCUT2D eigenvalue weighted by Crippen LogP contribution is 2.26. The van der Waals surface area contributed by atoms with Gasteiger partial charge in [-0.15, -0.1) is 11.3 Å². The molecule has 0 unspecified atom stereocenters. The van der Waals surface area contributed by atoms with E-state index in [-0.39, 0.29) is 49.4 Å². The highest BCUT2D eigenvalue weighted by molar-refractivity contribution is 7.84. The van der Waals surface area contributed by atoms with Gasteiger partial charge in [0, 0.05) is 22.5 Å². The van der Waals surface area contributed by atoms with Crippen molar-refractivity contribution >= 4 is 66.0 Å². The van der Waals surface area contributed by atoms with Crippen LogP contribution in [0.2, 0.25) is 0 Å². The van der Waals surface area contributed by atoms with Crippen LogP contribution in [0.1, 0.15) is 61.2 Å². The quantitative estimate of drug-likeness (QED) is 0.507. The predicted octanol–water partition coefficient (Wildman–Crippen LogP) is 4.72. The SMILES string of the molecule is CC[C@H](N[S@@](=O)C(C)(C)C)c1csc(C(=O)c2c[nH]c3cc(F)ccc23)n1.S.S. The van der Waals surface area contributed by atoms with Crippen LogP contribution in [0.5, 0.6) is 0 Å². The number of H-pyrrole nitrogens is 1. The molecule has 0 saturated heterocycles. The third-order valence-corrected chi connectivity index (χ3v) is 6.65. The average Bonchev–Trinajstić information content (AvgIpc) is 3.24. The Kier molecular flexibility index (Phi) is 9.10. The van der Waals surface area contributed by atoms with Gasteiger partial charge in [-0.3, -0.25) is 4.79 Å². The van der Waals surface area contributed by atoms with Crippen LogP contribution in [0, 0.1) is 5.82 Å². The third kappa shape index (κ3) is 5.69. The number of aromatic nitrogens is 2. The van der Waals surface area contributed by atoms with Crippen LogP contribution in [-0.2, 0) is 11.0 Å². The molecule has 0 saturated carbocycles. The number of rotatable bonds is 6. The molecular formula is C19H26FN3O2S4. The first-order chi connectivity index (χ1) is 12.7. The minimum atomic E-state index is -1.23. The van der Waals surface area contributed by atoms with Gasteiger partial charge in [0.05, 0.1) is 33.0 Å². The van der Waals surface area contributed by atoms with E-state index in [4.69, 9.17) is 0 Å². The van der Waals surface area contributed by atoms with Crippen LogP contribution in [0.4, 0.5) is 4.39 Å². The fraction of sp³-hybridized carbons (Fsp3) is 0.368. The number of halogens is 1. The Balaban J connectivity index is 0.00000210. The van der Waals surface area contributed by atoms with Crippen molar-refractivity contribution in [2.45, 2.75) is 44.9 Å². The summed E-state index contributed by atoms with van der Waals surface area (Å²) in [5, 5.41) is 2.84. The third-order valence-electron chi connectivity index (χ3n) is 4.18. The molecule has 0 aliphatic rings. The van der Waals surface area contributed by atoms with Gasteiger partial charge in [0.2, 0.25) is 5.78 Å². The number of carbonyl (C=O) groups is 1. The highest BCUT2D eigenvalue weighted by atomic mass is 32.2. The van der Waals surface area contributed by atoms with Gasteiger partial charge in [0.1, 0.15) is 5.82 Å². The van der Waals surface area contributed by atoms with Crippen LogP contribution < -0.4 is 4.72 Å². The van der Waals surface area contributed by atoms with E-state index in [0.29, 0.717) is 33.6 Å². The summed E-state index contributed by atoms with van der Waals surface area (Å²) in [5.41, 5.74) is 1.74. The predicted molar refractivity (Wildman–Crippen MR) is 129 cm³/mol. The molecule has 29 heavy (non-hydrogen) atoms. The van der Waals surface area contributed by atoms with Crippen LogP contribution in [-0.4, -0.2) is 24.7 Å². The number of fused-ring (bicyclic) bond motifs is 1. The Morgan fingerprint density at radius 2 is 2.03 bits per heavy atom. The second-order valence-electron chi connectivity index (χ2n) is 7.26. The summed E-state index contributed by atoms with van der Waals surface area (Å²) in [4.78, 5) is 20.3. The summed E-state index contributed by atoms with van der Waals surface area (Å²) in [5.74, 6) is -0.570. The maximum absolute atomic E-state index is 13.3. The van der Waals surface area contributed by atoms with Crippen LogP contribution in [0.15, 0.2) is 29.8 Å². The van der Waals surface area contributed by atoms with E-state index >= 15 is 0 Å². The van der Waals surface area contributed by atoms with Crippen LogP contribution in [0.3, 0.4) is 0 Å². The molecule has 0 bridgehead atoms. The number of benzene rings is 1. The standard InChI is InChI=1S/C19H22FN3O2S2.2H2S/c1-5-14(23-27(25)19(2,3)4)16-10-26-18(22-16)17(24)13-9-21-15-8-11(20)6-7-12(13)15;;/h6-10,14,21,23H,5H2,1-4H3;2*1H2/t14-,27-;;/m0../s1. The van der Waals surface area contributed by atoms with Gasteiger partial charge in [-0.1, -0.05) is 6.92 Å². The number of thiazole rings is 1. The van der Waals surface area contributed by atoms with Crippen molar-refractivity contribution in [2.75, 3.05) is 0 Å². The van der Waals surface area contributed by atoms with E-state index in [9.17, 15) is 13.4 Å². The molecule has 0 radical (unpaired) electrons. The summed E-state index contributed by atoms with van der Waals surface area (Å²) in [6.07, 6.45) is 2.28. The van der Waals surface area contributed by atoms with Gasteiger partial charge < -0.3 is 4.98 Å². The number of aromatic amines is 1. The molecule has 2 aromatic heterocycles. The minimum Gasteiger partial charge on any atom is -0.360 e. The summed E-state index contributed by atoms with van der Waals surface area (Å²) in [6, 6.07) is 4.09. The molecule has 0 fully saturated rings. The lowest BCUT2D eigenvalue weighted by Crippen LogP contribution is -2.35. The molecule has 0 spiro atoms. The topological polar surface area (TPSA) is 74.8 Å². The molecule has 2 atom stereocenters. The van der Waals surface area contributed by atoms with E-state index in [1.807, 2.05) is 33.1 Å². The monoisotopic (exact) mass is 475 g/mol. The second-order valence-corrected chi connectivity index (χ2v) is 10.1. The maximum Gasteiger partial charge on any atom is 0.223 e. The first-order valence-electron chi connectivity index (χ1n) is 8.65. The fourth-order valence-corrected chi connectivity index (χ4v) is 4.33. The lowest BCUT2D eigenvalue weighted by molar-refractivity contribution is 0.103. The van der Waals surface area contributed by atoms with Gasteiger partial charge in [-0.05, 0) is 45.4 Å². The van der Waals surface area contributed by atoms with Gasteiger partial charge in [0.15, 0.2) is 5.01 Å². The lowest BCUT2D eigenvalue weighted by atomic mass is 10.1. The van der Waals surface area contributed by atoms with Gasteiger partial charge >= 0.3 is 0 Å². The molecule has 1 aromatic carbocycles. The minimum absolute atomic E-state index is 0. The van der Waals surface area contributed by atoms with Crippen molar-refractivity contribution in [2.24, 2.45) is 0 Å². The zero-order chi connectivity index (χ0) is 19.8. The number of hydrogen-bond donors (Lipinski definition) is 2. The van der Waals surface area contributed by atoms with Gasteiger partial charge in [0.25, 0.3) is 0 Å². The normalized spacial score (nSPS) is 13.4. The summed E-state index contributed by atoms with van der Waals surface area (Å²) >= 11 is 1.26. The van der Waals surface area contributed by atoms with Crippen molar-refractivity contribution < 1.29 is 13.4 Å². The molecule has 3 rings (SSSR count). The molecule has 3 aromatic rings. The molecular weight excluding hydrogens is 449 g/mol. The van der Waals surface area contributed by atoms with Crippen molar-refractivity contribution in [3.8, 4) is 0 Å². The van der Waals surface area contributed by atoms with Crippen molar-refractivity contribution in [3.63, 3.8) is 0 Å². The number of hydrogen-bond acceptors (Lipinski definition) is 4. The van der Waals surface area contributed by atoms with E-state index in [0.717, 1.165) is 0 Å². The first kappa shape index (κ1) is 25.8. The number of nitrogens with zero attached hydrogens (tertiary/aromatic N) is 1. The molecule has 2 N–H and O–H groups in total. The Morgan fingerprint density at radius 1 is 1.34 bits per heavy atom. The lowest BCUT2D eigenvalue weighted by Gasteiger charge is -2.22. The molecule has 5 nitrogen and oxygen atoms in total. The molecule has 10 heteroatoms. The molecule has 0 aliphatic heterocycles. The van der Waals surface area contributed by atoms with E-state index < -0.39 is 11.0 Å². The van der Waals surface area contributed by atoms with Gasteiger partial charge in [-0.25, -0.2) is 18.3 Å². The summed E-state index contributed by atoms with van der Waals surface area (Å²) < 4.78 is 28.4. The first-order valence-corrected chi connectivity index (χ1v) is 10.7. The second kappa shape index (κ2) is 10.2. The molecule has 160 valence electrons. The Hall–Kier alpha value is -1.20. The van der Waals surface area contributed by atoms with Crippen molar-refractivity contribution in [3.05, 3.63) is 51.9 Å². The zero-order valence-electron chi connectivity index (χ0n) is 16.6. The largest absolute Gasteiger partial charge is 0.360 e. The van der Waals surface area contributed by atoms with Crippen LogP contribution >= 0.6 is 38.3 Å². The highest BCUT2D eigenvalue weighted by Gasteiger charge is 2.25. The summed E-state index contributed by atoms with van der Waals surface area (Å²) in [6.45, 7) is 7.68. The number of nitrogens with one attached hydrogen (secondary N) is 2. The molecule has 0 aliphatic carbocycles. The maximum atomic E-state index is 13.3. The molecule has 2 heterocycles. The zero-order valence-corrected chi connectivity index (χ0v) is 20.3. The molecule has 0 amide bonds. The fourth-order valence-electron chi connectivity index (χ4n) is 2.61. The van der Waals surface area contributed by atoms with E-state index in [2.05, 4.69) is 14.7 Å². The Morgan fingerprint density at radius 3 is 2.66 bits per heavy atom. The number of ketones is 1. The van der Waals surface area contributed by atoms with Crippen molar-refractivity contribution in [1.29, 1.82) is 0 Å². The average molecular weight is 476 g/mol. The van der Waals surface area contributed by atoms with Gasteiger partial charge in [-0.2, -0.15) is 27.0 Å². The van der Waals surface area contributed by atoms with E-state index in [1.165, 1.54) is 23.5 Å². The number of carbonyl (C=O) groups excluding carboxylic acids is 1. The summed E-state index contributed by atoms with van der Waals surface area (Å²) in [7, 11) is -1.23. The van der Waals surface area contributed by atoms with E-state index in [1.54, 1.807) is 12.3 Å². The smallest absolute Gasteiger partial charge is 0.223 e. The van der Waals surface area contributed by atoms with Crippen LogP contribution in [0.25, 0.3) is 10.9 Å². The van der Waals surface area contributed by atoms with Crippen molar-refractivity contribution in [1.82, 2.24) is 14.7 Å². The Labute approximate surface area is 190 Å². The Bertz CT molecular complexity index is 1010.